The first-order valence-electron chi connectivity index (χ1n) is 3.44. The van der Waals surface area contributed by atoms with E-state index >= 15 is 0 Å². The fourth-order valence-electron chi connectivity index (χ4n) is 0.727. The van der Waals surface area contributed by atoms with Crippen molar-refractivity contribution in [1.29, 1.82) is 0 Å². The molecule has 1 radical (unpaired) electrons. The minimum Gasteiger partial charge on any atom is -0.488 e. The third kappa shape index (κ3) is 2.31. The average Bonchev–Trinajstić information content (AvgIpc) is 2.04. The molecule has 1 rings (SSSR count). The van der Waals surface area contributed by atoms with E-state index in [1.54, 1.807) is 0 Å². The minimum absolute atomic E-state index is 0.239. The van der Waals surface area contributed by atoms with E-state index in [0.717, 1.165) is 0 Å². The molecule has 0 aliphatic carbocycles. The number of hydrogen-bond donors (Lipinski definition) is 1. The Kier molecular flexibility index (Phi) is 3.74. The van der Waals surface area contributed by atoms with Gasteiger partial charge in [-0.2, -0.15) is 0 Å². The summed E-state index contributed by atoms with van der Waals surface area (Å²) in [6, 6.07) is 5.66. The monoisotopic (exact) mass is 280 g/mol. The molecule has 1 aromatic rings. The lowest BCUT2D eigenvalue weighted by Gasteiger charge is -2.06. The first-order valence-corrected chi connectivity index (χ1v) is 4.52. The summed E-state index contributed by atoms with van der Waals surface area (Å²) in [7, 11) is 0. The average molecular weight is 280 g/mol. The molecule has 0 heterocycles. The summed E-state index contributed by atoms with van der Waals surface area (Å²) in [4.78, 5) is 0. The van der Waals surface area contributed by atoms with Crippen molar-refractivity contribution in [2.24, 2.45) is 5.73 Å². The smallest absolute Gasteiger partial charge is 0.168 e. The van der Waals surface area contributed by atoms with Gasteiger partial charge in [0.05, 0.1) is 3.57 Å². The molecule has 0 unspecified atom stereocenters. The van der Waals surface area contributed by atoms with Gasteiger partial charge in [0.15, 0.2) is 11.6 Å². The number of nitrogens with two attached hydrogens (primary N) is 1. The first kappa shape index (κ1) is 9.73. The van der Waals surface area contributed by atoms with Gasteiger partial charge in [0.1, 0.15) is 6.61 Å². The molecule has 2 nitrogen and oxygen atoms in total. The Morgan fingerprint density at radius 3 is 3.00 bits per heavy atom. The van der Waals surface area contributed by atoms with Gasteiger partial charge in [-0.25, -0.2) is 4.39 Å². The summed E-state index contributed by atoms with van der Waals surface area (Å²) in [6.45, 7) is 0.704. The van der Waals surface area contributed by atoms with Crippen molar-refractivity contribution in [3.8, 4) is 5.75 Å². The second-order valence-corrected chi connectivity index (χ2v) is 3.18. The van der Waals surface area contributed by atoms with E-state index in [9.17, 15) is 4.39 Å². The van der Waals surface area contributed by atoms with Gasteiger partial charge >= 0.3 is 0 Å². The number of hydrogen-bond acceptors (Lipinski definition) is 2. The highest BCUT2D eigenvalue weighted by atomic mass is 127. The van der Waals surface area contributed by atoms with Gasteiger partial charge in [-0.3, -0.25) is 0 Å². The van der Waals surface area contributed by atoms with Crippen molar-refractivity contribution in [2.45, 2.75) is 0 Å². The van der Waals surface area contributed by atoms with Crippen LogP contribution in [-0.2, 0) is 0 Å². The summed E-state index contributed by atoms with van der Waals surface area (Å²) < 4.78 is 18.7. The van der Waals surface area contributed by atoms with E-state index < -0.39 is 0 Å². The molecule has 65 valence electrons. The maximum atomic E-state index is 13.0. The van der Waals surface area contributed by atoms with Crippen LogP contribution in [0.15, 0.2) is 12.1 Å². The van der Waals surface area contributed by atoms with Crippen LogP contribution in [0.1, 0.15) is 0 Å². The molecule has 0 fully saturated rings. The molecule has 0 saturated carbocycles. The summed E-state index contributed by atoms with van der Waals surface area (Å²) in [5.74, 6) is -0.129. The third-order valence-electron chi connectivity index (χ3n) is 1.22. The van der Waals surface area contributed by atoms with Crippen LogP contribution < -0.4 is 10.5 Å². The van der Waals surface area contributed by atoms with E-state index in [2.05, 4.69) is 6.07 Å². The summed E-state index contributed by atoms with van der Waals surface area (Å²) in [5.41, 5.74) is 5.22. The van der Waals surface area contributed by atoms with Crippen molar-refractivity contribution in [3.63, 3.8) is 0 Å². The Balaban J connectivity index is 2.81. The van der Waals surface area contributed by atoms with E-state index in [1.165, 1.54) is 12.1 Å². The maximum Gasteiger partial charge on any atom is 0.168 e. The lowest BCUT2D eigenvalue weighted by Crippen LogP contribution is -2.11. The van der Waals surface area contributed by atoms with E-state index in [4.69, 9.17) is 10.5 Å². The molecular weight excluding hydrogens is 272 g/mol. The fourth-order valence-corrected chi connectivity index (χ4v) is 1.32. The van der Waals surface area contributed by atoms with Crippen LogP contribution in [0.3, 0.4) is 0 Å². The SMILES string of the molecule is NCCOc1c(I)[c]ccc1F. The molecule has 4 heteroatoms. The molecule has 0 aliphatic heterocycles. The van der Waals surface area contributed by atoms with E-state index in [1.807, 2.05) is 22.6 Å². The van der Waals surface area contributed by atoms with Gasteiger partial charge in [-0.15, -0.1) is 0 Å². The molecule has 0 aromatic heterocycles. The second-order valence-electron chi connectivity index (χ2n) is 2.11. The number of ether oxygens (including phenoxy) is 1. The summed E-state index contributed by atoms with van der Waals surface area (Å²) >= 11 is 1.96. The van der Waals surface area contributed by atoms with Crippen molar-refractivity contribution >= 4 is 22.6 Å². The normalized spacial score (nSPS) is 9.92. The van der Waals surface area contributed by atoms with Crippen LogP contribution in [0, 0.1) is 15.5 Å². The van der Waals surface area contributed by atoms with Gasteiger partial charge in [0.25, 0.3) is 0 Å². The molecule has 0 amide bonds. The van der Waals surface area contributed by atoms with Gasteiger partial charge < -0.3 is 10.5 Å². The molecule has 0 saturated heterocycles. The highest BCUT2D eigenvalue weighted by molar-refractivity contribution is 14.1. The van der Waals surface area contributed by atoms with Crippen molar-refractivity contribution < 1.29 is 9.13 Å². The predicted molar refractivity (Wildman–Crippen MR) is 52.5 cm³/mol. The van der Waals surface area contributed by atoms with Crippen LogP contribution in [0.2, 0.25) is 0 Å². The standard InChI is InChI=1S/C8H8FINO/c9-6-2-1-3-7(10)8(6)12-5-4-11/h1-2H,4-5,11H2. The number of rotatable bonds is 3. The largest absolute Gasteiger partial charge is 0.488 e. The zero-order chi connectivity index (χ0) is 8.97. The van der Waals surface area contributed by atoms with E-state index in [-0.39, 0.29) is 11.6 Å². The van der Waals surface area contributed by atoms with Gasteiger partial charge in [-0.1, -0.05) is 6.07 Å². The van der Waals surface area contributed by atoms with Crippen LogP contribution in [0.25, 0.3) is 0 Å². The molecular formula is C8H8FINO. The van der Waals surface area contributed by atoms with Crippen LogP contribution in [-0.4, -0.2) is 13.2 Å². The van der Waals surface area contributed by atoms with Crippen molar-refractivity contribution in [3.05, 3.63) is 27.6 Å². The Labute approximate surface area is 84.0 Å². The highest BCUT2D eigenvalue weighted by Crippen LogP contribution is 2.23. The maximum absolute atomic E-state index is 13.0. The highest BCUT2D eigenvalue weighted by Gasteiger charge is 2.06. The lowest BCUT2D eigenvalue weighted by molar-refractivity contribution is 0.308. The zero-order valence-electron chi connectivity index (χ0n) is 6.31. The van der Waals surface area contributed by atoms with Gasteiger partial charge in [0.2, 0.25) is 0 Å². The van der Waals surface area contributed by atoms with Gasteiger partial charge in [0, 0.05) is 12.6 Å². The number of halogens is 2. The summed E-state index contributed by atoms with van der Waals surface area (Å²) in [5, 5.41) is 0. The molecule has 2 N–H and O–H groups in total. The topological polar surface area (TPSA) is 35.2 Å². The molecule has 1 aromatic carbocycles. The zero-order valence-corrected chi connectivity index (χ0v) is 8.47. The number of benzene rings is 1. The van der Waals surface area contributed by atoms with Gasteiger partial charge in [-0.05, 0) is 28.7 Å². The fraction of sp³-hybridized carbons (Fsp3) is 0.250. The lowest BCUT2D eigenvalue weighted by atomic mass is 10.3. The quantitative estimate of drug-likeness (QED) is 0.853. The van der Waals surface area contributed by atoms with Crippen molar-refractivity contribution in [2.75, 3.05) is 13.2 Å². The Hall–Kier alpha value is -0.360. The predicted octanol–water partition coefficient (Wildman–Crippen LogP) is 1.57. The Morgan fingerprint density at radius 2 is 2.42 bits per heavy atom. The van der Waals surface area contributed by atoms with E-state index in [0.29, 0.717) is 16.7 Å². The molecule has 0 aliphatic rings. The van der Waals surface area contributed by atoms with Crippen molar-refractivity contribution in [1.82, 2.24) is 0 Å². The first-order chi connectivity index (χ1) is 5.75. The molecule has 0 spiro atoms. The Bertz CT molecular complexity index is 247. The van der Waals surface area contributed by atoms with Crippen LogP contribution in [0.5, 0.6) is 5.75 Å². The van der Waals surface area contributed by atoms with Crippen LogP contribution >= 0.6 is 22.6 Å². The molecule has 0 bridgehead atoms. The molecule has 0 atom stereocenters. The Morgan fingerprint density at radius 1 is 1.67 bits per heavy atom. The second kappa shape index (κ2) is 4.61. The minimum atomic E-state index is -0.369. The molecule has 12 heavy (non-hydrogen) atoms. The summed E-state index contributed by atoms with van der Waals surface area (Å²) in [6.07, 6.45) is 0. The third-order valence-corrected chi connectivity index (χ3v) is 2.02. The van der Waals surface area contributed by atoms with Crippen LogP contribution in [0.4, 0.5) is 4.39 Å².